The molecule has 2 atom stereocenters. The third-order valence-corrected chi connectivity index (χ3v) is 5.81. The molecular formula is C22H37IN4O. The monoisotopic (exact) mass is 500 g/mol. The number of ether oxygens (including phenoxy) is 1. The molecule has 1 aromatic rings. The van der Waals surface area contributed by atoms with Crippen molar-refractivity contribution in [3.05, 3.63) is 35.9 Å². The van der Waals surface area contributed by atoms with Crippen molar-refractivity contribution in [1.82, 2.24) is 15.1 Å². The minimum atomic E-state index is 0. The number of guanidine groups is 1. The maximum Gasteiger partial charge on any atom is 0.193 e. The van der Waals surface area contributed by atoms with Crippen LogP contribution in [0, 0.1) is 5.92 Å². The van der Waals surface area contributed by atoms with Gasteiger partial charge in [0.05, 0.1) is 0 Å². The minimum absolute atomic E-state index is 0. The van der Waals surface area contributed by atoms with E-state index < -0.39 is 0 Å². The highest BCUT2D eigenvalue weighted by molar-refractivity contribution is 14.0. The molecule has 0 saturated carbocycles. The van der Waals surface area contributed by atoms with Gasteiger partial charge in [0.1, 0.15) is 0 Å². The third kappa shape index (κ3) is 6.59. The third-order valence-electron chi connectivity index (χ3n) is 5.81. The van der Waals surface area contributed by atoms with Gasteiger partial charge in [-0.3, -0.25) is 9.89 Å². The Labute approximate surface area is 187 Å². The van der Waals surface area contributed by atoms with E-state index in [0.717, 1.165) is 57.6 Å². The first-order valence-electron chi connectivity index (χ1n) is 10.6. The molecule has 28 heavy (non-hydrogen) atoms. The van der Waals surface area contributed by atoms with Gasteiger partial charge in [0.25, 0.3) is 0 Å². The van der Waals surface area contributed by atoms with Crippen LogP contribution < -0.4 is 5.32 Å². The SMILES string of the molecule is CCNC(=NCCCOC)N1CCC2C(CCCN2Cc2ccccc2)C1.I. The van der Waals surface area contributed by atoms with Crippen molar-refractivity contribution in [3.8, 4) is 0 Å². The van der Waals surface area contributed by atoms with Crippen molar-refractivity contribution >= 4 is 29.9 Å². The van der Waals surface area contributed by atoms with Gasteiger partial charge in [-0.15, -0.1) is 24.0 Å². The zero-order chi connectivity index (χ0) is 18.9. The van der Waals surface area contributed by atoms with E-state index in [-0.39, 0.29) is 24.0 Å². The smallest absolute Gasteiger partial charge is 0.193 e. The molecule has 0 radical (unpaired) electrons. The lowest BCUT2D eigenvalue weighted by Crippen LogP contribution is -2.56. The van der Waals surface area contributed by atoms with E-state index >= 15 is 0 Å². The number of rotatable bonds is 7. The number of nitrogens with zero attached hydrogens (tertiary/aromatic N) is 3. The summed E-state index contributed by atoms with van der Waals surface area (Å²) in [6.07, 6.45) is 4.87. The van der Waals surface area contributed by atoms with Crippen LogP contribution in [0.4, 0.5) is 0 Å². The molecule has 3 rings (SSSR count). The number of aliphatic imine (C=N–C) groups is 1. The molecule has 0 amide bonds. The Morgan fingerprint density at radius 3 is 2.79 bits per heavy atom. The fraction of sp³-hybridized carbons (Fsp3) is 0.682. The summed E-state index contributed by atoms with van der Waals surface area (Å²) in [7, 11) is 1.75. The van der Waals surface area contributed by atoms with Crippen LogP contribution in [-0.2, 0) is 11.3 Å². The number of hydrogen-bond acceptors (Lipinski definition) is 3. The fourth-order valence-electron chi connectivity index (χ4n) is 4.53. The maximum atomic E-state index is 5.15. The van der Waals surface area contributed by atoms with Gasteiger partial charge >= 0.3 is 0 Å². The van der Waals surface area contributed by atoms with Gasteiger partial charge in [-0.05, 0) is 50.6 Å². The predicted molar refractivity (Wildman–Crippen MR) is 127 cm³/mol. The van der Waals surface area contributed by atoms with E-state index in [2.05, 4.69) is 52.4 Å². The average molecular weight is 500 g/mol. The summed E-state index contributed by atoms with van der Waals surface area (Å²) < 4.78 is 5.15. The molecule has 1 N–H and O–H groups in total. The topological polar surface area (TPSA) is 40.1 Å². The molecule has 5 nitrogen and oxygen atoms in total. The van der Waals surface area contributed by atoms with Crippen LogP contribution in [0.1, 0.15) is 38.2 Å². The van der Waals surface area contributed by atoms with Gasteiger partial charge in [-0.2, -0.15) is 0 Å². The average Bonchev–Trinajstić information content (AvgIpc) is 2.71. The van der Waals surface area contributed by atoms with E-state index in [4.69, 9.17) is 9.73 Å². The predicted octanol–water partition coefficient (Wildman–Crippen LogP) is 3.59. The minimum Gasteiger partial charge on any atom is -0.385 e. The van der Waals surface area contributed by atoms with Crippen molar-refractivity contribution in [2.75, 3.05) is 46.4 Å². The van der Waals surface area contributed by atoms with Gasteiger partial charge in [-0.1, -0.05) is 30.3 Å². The molecule has 2 fully saturated rings. The number of likely N-dealkylation sites (tertiary alicyclic amines) is 2. The van der Waals surface area contributed by atoms with Crippen LogP contribution in [0.25, 0.3) is 0 Å². The second-order valence-corrected chi connectivity index (χ2v) is 7.74. The number of hydrogen-bond donors (Lipinski definition) is 1. The van der Waals surface area contributed by atoms with E-state index in [1.54, 1.807) is 7.11 Å². The highest BCUT2D eigenvalue weighted by atomic mass is 127. The Kier molecular flexibility index (Phi) is 10.6. The van der Waals surface area contributed by atoms with Crippen molar-refractivity contribution in [1.29, 1.82) is 0 Å². The summed E-state index contributed by atoms with van der Waals surface area (Å²) in [5.41, 5.74) is 1.44. The molecule has 0 bridgehead atoms. The molecule has 0 aliphatic carbocycles. The summed E-state index contributed by atoms with van der Waals surface area (Å²) in [5.74, 6) is 1.84. The first-order chi connectivity index (χ1) is 13.3. The summed E-state index contributed by atoms with van der Waals surface area (Å²) in [6, 6.07) is 11.6. The summed E-state index contributed by atoms with van der Waals surface area (Å²) in [4.78, 5) is 10.1. The Morgan fingerprint density at radius 2 is 2.04 bits per heavy atom. The zero-order valence-electron chi connectivity index (χ0n) is 17.5. The lowest BCUT2D eigenvalue weighted by atomic mass is 9.83. The van der Waals surface area contributed by atoms with Crippen molar-refractivity contribution in [2.45, 2.75) is 45.2 Å². The van der Waals surface area contributed by atoms with Gasteiger partial charge < -0.3 is 15.0 Å². The van der Waals surface area contributed by atoms with E-state index in [0.29, 0.717) is 6.04 Å². The molecule has 2 saturated heterocycles. The standard InChI is InChI=1S/C22H36N4O.HI/c1-3-23-22(24-13-8-16-27-2)26-15-12-21-20(18-26)11-7-14-25(21)17-19-9-5-4-6-10-19;/h4-6,9-10,20-21H,3,7-8,11-18H2,1-2H3,(H,23,24);1H. The largest absolute Gasteiger partial charge is 0.385 e. The number of nitrogens with one attached hydrogen (secondary N) is 1. The second-order valence-electron chi connectivity index (χ2n) is 7.74. The second kappa shape index (κ2) is 12.6. The van der Waals surface area contributed by atoms with E-state index in [1.165, 1.54) is 31.4 Å². The molecule has 1 aromatic carbocycles. The number of benzene rings is 1. The van der Waals surface area contributed by atoms with Crippen molar-refractivity contribution < 1.29 is 4.74 Å². The van der Waals surface area contributed by atoms with Crippen LogP contribution in [0.5, 0.6) is 0 Å². The summed E-state index contributed by atoms with van der Waals surface area (Å²) in [6.45, 7) is 9.25. The van der Waals surface area contributed by atoms with E-state index in [1.807, 2.05) is 0 Å². The first kappa shape index (κ1) is 23.4. The van der Waals surface area contributed by atoms with Crippen LogP contribution in [0.15, 0.2) is 35.3 Å². The quantitative estimate of drug-likeness (QED) is 0.269. The highest BCUT2D eigenvalue weighted by Gasteiger charge is 2.36. The summed E-state index contributed by atoms with van der Waals surface area (Å²) in [5, 5.41) is 3.50. The summed E-state index contributed by atoms with van der Waals surface area (Å²) >= 11 is 0. The van der Waals surface area contributed by atoms with Crippen LogP contribution in [0.3, 0.4) is 0 Å². The van der Waals surface area contributed by atoms with Crippen molar-refractivity contribution in [2.24, 2.45) is 10.9 Å². The number of piperidine rings is 2. The molecule has 0 aromatic heterocycles. The molecule has 2 aliphatic heterocycles. The maximum absolute atomic E-state index is 5.15. The van der Waals surface area contributed by atoms with E-state index in [9.17, 15) is 0 Å². The van der Waals surface area contributed by atoms with Gasteiger partial charge in [0.2, 0.25) is 0 Å². The van der Waals surface area contributed by atoms with Crippen LogP contribution in [-0.4, -0.2) is 68.2 Å². The van der Waals surface area contributed by atoms with Gasteiger partial charge in [0, 0.05) is 52.5 Å². The Balaban J connectivity index is 0.00000280. The molecular weight excluding hydrogens is 463 g/mol. The Bertz CT molecular complexity index is 583. The van der Waals surface area contributed by atoms with Gasteiger partial charge in [0.15, 0.2) is 5.96 Å². The zero-order valence-corrected chi connectivity index (χ0v) is 19.8. The number of halogens is 1. The lowest BCUT2D eigenvalue weighted by molar-refractivity contribution is 0.0372. The fourth-order valence-corrected chi connectivity index (χ4v) is 4.53. The van der Waals surface area contributed by atoms with Gasteiger partial charge in [-0.25, -0.2) is 0 Å². The highest BCUT2D eigenvalue weighted by Crippen LogP contribution is 2.31. The van der Waals surface area contributed by atoms with Crippen molar-refractivity contribution in [3.63, 3.8) is 0 Å². The van der Waals surface area contributed by atoms with Crippen LogP contribution >= 0.6 is 24.0 Å². The van der Waals surface area contributed by atoms with Crippen LogP contribution in [0.2, 0.25) is 0 Å². The lowest BCUT2D eigenvalue weighted by Gasteiger charge is -2.48. The first-order valence-corrected chi connectivity index (χ1v) is 10.6. The number of methoxy groups -OCH3 is 1. The molecule has 2 aliphatic rings. The Morgan fingerprint density at radius 1 is 1.21 bits per heavy atom. The molecule has 158 valence electrons. The molecule has 6 heteroatoms. The number of fused-ring (bicyclic) bond motifs is 1. The Hall–Kier alpha value is -0.860. The molecule has 2 heterocycles. The normalized spacial score (nSPS) is 23.1. The molecule has 0 spiro atoms. The molecule has 2 unspecified atom stereocenters.